The number of fused-ring (bicyclic) bond motifs is 2. The van der Waals surface area contributed by atoms with E-state index in [2.05, 4.69) is 62.8 Å². The summed E-state index contributed by atoms with van der Waals surface area (Å²) in [6, 6.07) is 0.589. The summed E-state index contributed by atoms with van der Waals surface area (Å²) in [7, 11) is 0. The summed E-state index contributed by atoms with van der Waals surface area (Å²) in [5, 5.41) is 57.0. The molecule has 3 aromatic rings. The molecule has 1 aliphatic carbocycles. The molecule has 0 radical (unpaired) electrons. The number of allylic oxidation sites excluding steroid dienone is 2. The predicted molar refractivity (Wildman–Crippen MR) is 381 cm³/mol. The Bertz CT molecular complexity index is 3580. The molecule has 2 fully saturated rings. The van der Waals surface area contributed by atoms with Crippen molar-refractivity contribution in [3.05, 3.63) is 83.3 Å². The number of aromatic amines is 1. The molecule has 2 aliphatic heterocycles. The van der Waals surface area contributed by atoms with E-state index >= 15 is 19.2 Å². The molecule has 30 nitrogen and oxygen atoms in total. The second kappa shape index (κ2) is 38.3. The van der Waals surface area contributed by atoms with Crippen molar-refractivity contribution in [2.75, 3.05) is 19.6 Å². The number of Topliss-reactive ketones (excluding diaryl/α,β-unsaturated/α-hetero) is 1. The van der Waals surface area contributed by atoms with Gasteiger partial charge in [-0.15, -0.1) is 0 Å². The first-order valence-electron chi connectivity index (χ1n) is 35.3. The van der Waals surface area contributed by atoms with Crippen molar-refractivity contribution in [2.24, 2.45) is 38.7 Å². The van der Waals surface area contributed by atoms with Crippen LogP contribution in [0.5, 0.6) is 0 Å². The third-order valence-electron chi connectivity index (χ3n) is 18.3. The van der Waals surface area contributed by atoms with E-state index in [-0.39, 0.29) is 132 Å². The molecule has 10 amide bonds. The molecule has 2 saturated heterocycles. The van der Waals surface area contributed by atoms with Gasteiger partial charge in [0.2, 0.25) is 59.1 Å². The lowest BCUT2D eigenvalue weighted by Gasteiger charge is -2.32. The number of hydrogen-bond acceptors (Lipinski definition) is 16. The van der Waals surface area contributed by atoms with Crippen molar-refractivity contribution in [2.45, 2.75) is 232 Å². The number of aromatic nitrogens is 1. The summed E-state index contributed by atoms with van der Waals surface area (Å²) in [6.07, 6.45) is 0.533. The van der Waals surface area contributed by atoms with Gasteiger partial charge in [-0.05, 0) is 106 Å². The number of nitrogens with two attached hydrogens (primary N) is 2. The predicted octanol–water partition coefficient (Wildman–Crippen LogP) is 1.95. The maximum Gasteiger partial charge on any atom is 0.305 e. The Morgan fingerprint density at radius 3 is 1.75 bits per heavy atom. The average Bonchev–Trinajstić information content (AvgIpc) is 1.43. The number of amides is 10. The van der Waals surface area contributed by atoms with Crippen LogP contribution in [0.4, 0.5) is 0 Å². The number of nitrogens with zero attached hydrogens (tertiary/aromatic N) is 3. The molecule has 11 atom stereocenters. The van der Waals surface area contributed by atoms with Crippen LogP contribution in [0.15, 0.2) is 82.1 Å². The Hall–Kier alpha value is -9.74. The fraction of sp³-hybridized carbons (Fsp3) is 0.583. The number of carboxylic acids is 1. The highest BCUT2D eigenvalue weighted by Crippen LogP contribution is 2.36. The quantitative estimate of drug-likeness (QED) is 0.0366. The Balaban J connectivity index is 1.45. The molecule has 558 valence electrons. The maximum absolute atomic E-state index is 15.2. The van der Waals surface area contributed by atoms with E-state index in [0.717, 1.165) is 0 Å². The SMILES string of the molecule is CCCC[C@@H]1NC(=O)[C@H](CC(=O)O)NC(=O)[C@H]([C@@H](C)O)NC(=O)[C@@H]2CCCN2C(=O)[C@@H](Cc2c[nH]c3ccccc23)NC(=O)[C@H](CC(C)C)NC(=O)[C@H](CCCN=C(N)N)NC(=O)[C@H](C(C)C)NC(=O)[C@H](CCCCN=C(C)C2=C(O)CC(C)(C)CC2=O)NC(=O)[C@@H](Cc2ccccc2)NC1=O. The molecule has 17 N–H and O–H groups in total. The van der Waals surface area contributed by atoms with Gasteiger partial charge in [0.25, 0.3) is 0 Å². The molecule has 0 bridgehead atoms. The van der Waals surface area contributed by atoms with Crippen molar-refractivity contribution >= 4 is 93.4 Å². The highest BCUT2D eigenvalue weighted by atomic mass is 16.4. The van der Waals surface area contributed by atoms with E-state index in [0.29, 0.717) is 40.6 Å². The lowest BCUT2D eigenvalue weighted by Crippen LogP contribution is -2.62. The van der Waals surface area contributed by atoms with Gasteiger partial charge in [-0.25, -0.2) is 0 Å². The van der Waals surface area contributed by atoms with Gasteiger partial charge in [-0.3, -0.25) is 67.5 Å². The van der Waals surface area contributed by atoms with Crippen molar-refractivity contribution in [3.63, 3.8) is 0 Å². The molecule has 30 heteroatoms. The van der Waals surface area contributed by atoms with Crippen LogP contribution in [0, 0.1) is 17.3 Å². The lowest BCUT2D eigenvalue weighted by molar-refractivity contribution is -0.143. The van der Waals surface area contributed by atoms with Crippen molar-refractivity contribution in [3.8, 4) is 0 Å². The van der Waals surface area contributed by atoms with E-state index in [1.807, 2.05) is 32.9 Å². The smallest absolute Gasteiger partial charge is 0.305 e. The van der Waals surface area contributed by atoms with Crippen LogP contribution in [0.2, 0.25) is 0 Å². The average molecular weight is 1420 g/mol. The van der Waals surface area contributed by atoms with E-state index in [1.54, 1.807) is 83.3 Å². The van der Waals surface area contributed by atoms with E-state index < -0.39 is 149 Å². The van der Waals surface area contributed by atoms with Crippen LogP contribution in [0.3, 0.4) is 0 Å². The van der Waals surface area contributed by atoms with Crippen LogP contribution in [0.25, 0.3) is 10.9 Å². The monoisotopic (exact) mass is 1420 g/mol. The van der Waals surface area contributed by atoms with Crippen LogP contribution >= 0.6 is 0 Å². The summed E-state index contributed by atoms with van der Waals surface area (Å²) in [5.41, 5.74) is 13.2. The fourth-order valence-electron chi connectivity index (χ4n) is 12.9. The number of carbonyl (C=O) groups is 12. The number of aliphatic imine (C=N–C) groups is 2. The molecule has 1 aromatic heterocycles. The third kappa shape index (κ3) is 24.0. The number of unbranched alkanes of at least 4 members (excludes halogenated alkanes) is 2. The zero-order valence-corrected chi connectivity index (χ0v) is 60.0. The molecule has 0 spiro atoms. The Morgan fingerprint density at radius 1 is 0.608 bits per heavy atom. The minimum absolute atomic E-state index is 0.00562. The number of aliphatic hydroxyl groups is 2. The number of carbonyl (C=O) groups excluding carboxylic acids is 11. The first-order chi connectivity index (χ1) is 48.3. The van der Waals surface area contributed by atoms with Gasteiger partial charge < -0.3 is 84.5 Å². The van der Waals surface area contributed by atoms with Gasteiger partial charge in [0.1, 0.15) is 66.2 Å². The number of H-pyrrole nitrogens is 1. The number of hydrogen-bond donors (Lipinski definition) is 15. The van der Waals surface area contributed by atoms with Crippen LogP contribution < -0.4 is 59.3 Å². The highest BCUT2D eigenvalue weighted by molar-refractivity contribution is 6.22. The minimum atomic E-state index is -1.93. The summed E-state index contributed by atoms with van der Waals surface area (Å²) in [5.74, 6) is -12.2. The third-order valence-corrected chi connectivity index (χ3v) is 18.3. The zero-order chi connectivity index (χ0) is 75.1. The Morgan fingerprint density at radius 2 is 1.14 bits per heavy atom. The van der Waals surface area contributed by atoms with Crippen LogP contribution in [0.1, 0.15) is 163 Å². The van der Waals surface area contributed by atoms with Gasteiger partial charge in [-0.2, -0.15) is 0 Å². The topological polar surface area (TPSA) is 470 Å². The molecule has 3 aliphatic rings. The van der Waals surface area contributed by atoms with Gasteiger partial charge in [-0.1, -0.05) is 110 Å². The molecule has 6 rings (SSSR count). The first kappa shape index (κ1) is 81.2. The zero-order valence-electron chi connectivity index (χ0n) is 60.0. The molecule has 0 unspecified atom stereocenters. The lowest BCUT2D eigenvalue weighted by atomic mass is 9.76. The number of benzene rings is 2. The second-order valence-electron chi connectivity index (χ2n) is 28.4. The molecule has 3 heterocycles. The van der Waals surface area contributed by atoms with Crippen LogP contribution in [-0.4, -0.2) is 194 Å². The first-order valence-corrected chi connectivity index (χ1v) is 35.3. The largest absolute Gasteiger partial charge is 0.511 e. The number of rotatable bonds is 23. The normalized spacial score (nSPS) is 24.9. The highest BCUT2D eigenvalue weighted by Gasteiger charge is 2.43. The molecule has 0 saturated carbocycles. The molecule has 102 heavy (non-hydrogen) atoms. The standard InChI is InChI=1S/C72H105N15O15/c1-10-11-24-47-61(93)82-51(33-43-21-13-12-14-22-43)65(97)79-48(26-17-18-29-75-41(6)58-55(89)36-72(8,9)37-56(58)90)63(95)85-59(40(4)5)68(100)80-49(27-19-30-76-71(73)74)62(94)81-50(32-39(2)3)64(96)84-53(34-44-38-77-46-25-16-15-23-45(44)46)70(102)87-31-20-28-54(87)67(99)86-60(42(7)88)69(101)83-52(35-57(91)92)66(98)78-47/h12-16,21-23,25,38-40,42,47-54,59-60,77,88-89H,10-11,17-20,24,26-37H2,1-9H3,(H,78,98)(H,79,97)(H,80,100)(H,81,94)(H,82,93)(H,83,101)(H,84,96)(H,85,95)(H,86,99)(H,91,92)(H4,73,74,76)/t42-,47+,48+,49+,50+,51-,52+,53-,54+,59+,60+/m1/s1. The maximum atomic E-state index is 15.2. The summed E-state index contributed by atoms with van der Waals surface area (Å²) in [4.78, 5) is 187. The number of guanidine groups is 1. The van der Waals surface area contributed by atoms with E-state index in [4.69, 9.17) is 11.5 Å². The van der Waals surface area contributed by atoms with Crippen molar-refractivity contribution < 1.29 is 72.9 Å². The van der Waals surface area contributed by atoms with E-state index in [9.17, 15) is 53.7 Å². The second-order valence-corrected chi connectivity index (χ2v) is 28.4. The van der Waals surface area contributed by atoms with Gasteiger partial charge >= 0.3 is 5.97 Å². The molecular weight excluding hydrogens is 1310 g/mol. The number of nitrogens with one attached hydrogen (secondary N) is 10. The number of para-hydroxylation sites is 1. The number of ketones is 1. The fourth-order valence-corrected chi connectivity index (χ4v) is 12.9. The summed E-state index contributed by atoms with van der Waals surface area (Å²) >= 11 is 0. The Labute approximate surface area is 594 Å². The minimum Gasteiger partial charge on any atom is -0.511 e. The van der Waals surface area contributed by atoms with Crippen molar-refractivity contribution in [1.29, 1.82) is 0 Å². The van der Waals surface area contributed by atoms with Gasteiger partial charge in [0.15, 0.2) is 11.7 Å². The summed E-state index contributed by atoms with van der Waals surface area (Å²) in [6.45, 7) is 15.4. The van der Waals surface area contributed by atoms with Gasteiger partial charge in [0.05, 0.1) is 18.1 Å². The van der Waals surface area contributed by atoms with Gasteiger partial charge in [0, 0.05) is 68.1 Å². The molecule has 2 aromatic carbocycles. The van der Waals surface area contributed by atoms with Crippen molar-refractivity contribution in [1.82, 2.24) is 57.7 Å². The number of aliphatic carboxylic acids is 1. The summed E-state index contributed by atoms with van der Waals surface area (Å²) < 4.78 is 0. The number of carboxylic acid groups (broad SMARTS) is 1. The molecular formula is C72H105N15O15. The number of aliphatic hydroxyl groups excluding tert-OH is 2. The van der Waals surface area contributed by atoms with E-state index in [1.165, 1.54) is 11.8 Å². The van der Waals surface area contributed by atoms with Crippen LogP contribution in [-0.2, 0) is 70.4 Å². The Kier molecular flexibility index (Phi) is 30.5.